The van der Waals surface area contributed by atoms with Crippen molar-refractivity contribution in [3.63, 3.8) is 0 Å². The highest BCUT2D eigenvalue weighted by Gasteiger charge is 2.32. The molecule has 5 nitrogen and oxygen atoms in total. The predicted octanol–water partition coefficient (Wildman–Crippen LogP) is 25.2. The van der Waals surface area contributed by atoms with Gasteiger partial charge in [-0.3, -0.25) is 0 Å². The molecule has 0 N–H and O–H groups in total. The molecule has 7 heteroatoms. The van der Waals surface area contributed by atoms with Crippen molar-refractivity contribution in [1.29, 1.82) is 0 Å². The molecule has 0 bridgehead atoms. The Bertz CT molecular complexity index is 4740. The van der Waals surface area contributed by atoms with Gasteiger partial charge >= 0.3 is 0 Å². The standard InChI is InChI=1S/C83H84ClN5S/c1-79(2,3)53-31-38-60(39-32-53)87(70-44-45-71(78-76(70)63-29-23-24-30-67(63)85(78)16)89-68-42-35-55(81(7,8)9)47-64(68)65-48-56(82(10,11)12)36-43-69(65)89)72-50-62(86(58-25-19-17-20-26-58)59-27-21-18-22-28-59)51-73(77(72)84)88(61-40-33-54(34-41-61)80(4,5)6)74-52-90-75-46-37-57(49-66(74)75)83(13,14)15/h17-52H,1-16H3. The van der Waals surface area contributed by atoms with Gasteiger partial charge in [-0.05, 0) is 170 Å². The molecule has 0 fully saturated rings. The number of rotatable bonds is 10. The highest BCUT2D eigenvalue weighted by Crippen LogP contribution is 2.55. The van der Waals surface area contributed by atoms with Crippen LogP contribution in [-0.4, -0.2) is 9.13 Å². The van der Waals surface area contributed by atoms with E-state index in [9.17, 15) is 0 Å². The van der Waals surface area contributed by atoms with Gasteiger partial charge < -0.3 is 23.8 Å². The molecule has 454 valence electrons. The van der Waals surface area contributed by atoms with Crippen LogP contribution in [0.25, 0.3) is 59.4 Å². The first kappa shape index (κ1) is 60.4. The molecule has 0 amide bonds. The van der Waals surface area contributed by atoms with Gasteiger partial charge in [0.15, 0.2) is 0 Å². The number of hydrogen-bond donors (Lipinski definition) is 0. The van der Waals surface area contributed by atoms with Crippen molar-refractivity contribution in [2.75, 3.05) is 14.7 Å². The Morgan fingerprint density at radius 1 is 0.333 bits per heavy atom. The minimum absolute atomic E-state index is 0.0393. The van der Waals surface area contributed by atoms with Gasteiger partial charge in [0.25, 0.3) is 0 Å². The van der Waals surface area contributed by atoms with Crippen molar-refractivity contribution in [2.45, 2.75) is 131 Å². The lowest BCUT2D eigenvalue weighted by atomic mass is 9.85. The van der Waals surface area contributed by atoms with Gasteiger partial charge in [0.1, 0.15) is 0 Å². The topological polar surface area (TPSA) is 19.6 Å². The zero-order valence-electron chi connectivity index (χ0n) is 55.3. The summed E-state index contributed by atoms with van der Waals surface area (Å²) < 4.78 is 6.16. The van der Waals surface area contributed by atoms with Crippen LogP contribution in [0.3, 0.4) is 0 Å². The van der Waals surface area contributed by atoms with Crippen LogP contribution in [-0.2, 0) is 34.1 Å². The number of hydrogen-bond acceptors (Lipinski definition) is 4. The fraction of sp³-hybridized carbons (Fsp3) is 0.253. The summed E-state index contributed by atoms with van der Waals surface area (Å²) in [7, 11) is 2.24. The van der Waals surface area contributed by atoms with E-state index in [1.165, 1.54) is 59.7 Å². The van der Waals surface area contributed by atoms with Crippen molar-refractivity contribution in [2.24, 2.45) is 7.05 Å². The molecule has 0 aliphatic heterocycles. The van der Waals surface area contributed by atoms with Crippen molar-refractivity contribution >= 4 is 128 Å². The van der Waals surface area contributed by atoms with E-state index in [2.05, 4.69) is 352 Å². The van der Waals surface area contributed by atoms with Crippen molar-refractivity contribution < 1.29 is 0 Å². The number of nitrogens with zero attached hydrogens (tertiary/aromatic N) is 5. The van der Waals surface area contributed by atoms with Gasteiger partial charge in [0, 0.05) is 72.3 Å². The largest absolute Gasteiger partial charge is 0.342 e. The number of aromatic nitrogens is 2. The van der Waals surface area contributed by atoms with Crippen LogP contribution in [0.1, 0.15) is 132 Å². The molecular formula is C83H84ClN5S. The highest BCUT2D eigenvalue weighted by atomic mass is 35.5. The van der Waals surface area contributed by atoms with E-state index in [4.69, 9.17) is 11.6 Å². The first-order valence-corrected chi connectivity index (χ1v) is 33.1. The molecule has 0 atom stereocenters. The van der Waals surface area contributed by atoms with E-state index in [0.29, 0.717) is 5.02 Å². The van der Waals surface area contributed by atoms with Crippen molar-refractivity contribution in [3.8, 4) is 5.69 Å². The second kappa shape index (κ2) is 22.1. The summed E-state index contributed by atoms with van der Waals surface area (Å²) in [6, 6.07) is 79.5. The quantitative estimate of drug-likeness (QED) is 0.136. The summed E-state index contributed by atoms with van der Waals surface area (Å²) in [6.45, 7) is 34.5. The number of fused-ring (bicyclic) bond motifs is 7. The van der Waals surface area contributed by atoms with Gasteiger partial charge in [-0.15, -0.1) is 11.3 Å². The van der Waals surface area contributed by atoms with Crippen LogP contribution < -0.4 is 14.7 Å². The fourth-order valence-corrected chi connectivity index (χ4v) is 14.4. The maximum absolute atomic E-state index is 8.70. The van der Waals surface area contributed by atoms with Gasteiger partial charge in [0.05, 0.1) is 55.7 Å². The van der Waals surface area contributed by atoms with E-state index in [0.717, 1.165) is 78.7 Å². The number of anilines is 9. The minimum Gasteiger partial charge on any atom is -0.342 e. The molecule has 90 heavy (non-hydrogen) atoms. The van der Waals surface area contributed by atoms with Gasteiger partial charge in [-0.1, -0.05) is 213 Å². The van der Waals surface area contributed by atoms with Crippen LogP contribution in [0.15, 0.2) is 218 Å². The molecule has 0 radical (unpaired) electrons. The van der Waals surface area contributed by atoms with E-state index >= 15 is 0 Å². The summed E-state index contributed by atoms with van der Waals surface area (Å²) in [6.07, 6.45) is 0. The van der Waals surface area contributed by atoms with E-state index < -0.39 is 0 Å². The molecule has 10 aromatic carbocycles. The first-order chi connectivity index (χ1) is 42.6. The number of para-hydroxylation sites is 3. The SMILES string of the molecule is Cn1c2ccccc2c2c(N(c3ccc(C(C)(C)C)cc3)c3cc(N(c4ccccc4)c4ccccc4)cc(N(c4ccc(C(C)(C)C)cc4)c4csc5ccc(C(C)(C)C)cc45)c3Cl)ccc(-n3c4ccc(C(C)(C)C)cc4c4cc(C(C)(C)C)ccc43)c21. The number of benzene rings is 10. The number of thiophene rings is 1. The Labute approximate surface area is 542 Å². The summed E-state index contributed by atoms with van der Waals surface area (Å²) in [4.78, 5) is 7.26. The van der Waals surface area contributed by atoms with Crippen LogP contribution in [0, 0.1) is 0 Å². The Kier molecular flexibility index (Phi) is 14.8. The van der Waals surface area contributed by atoms with Crippen molar-refractivity contribution in [1.82, 2.24) is 9.13 Å². The third-order valence-corrected chi connectivity index (χ3v) is 19.8. The average Bonchev–Trinajstić information content (AvgIpc) is 1.51. The van der Waals surface area contributed by atoms with Crippen LogP contribution in [0.4, 0.5) is 51.2 Å². The maximum Gasteiger partial charge on any atom is 0.0888 e. The maximum atomic E-state index is 8.70. The monoisotopic (exact) mass is 1220 g/mol. The predicted molar refractivity (Wildman–Crippen MR) is 393 cm³/mol. The minimum atomic E-state index is -0.0900. The molecule has 0 saturated carbocycles. The Morgan fingerprint density at radius 2 is 0.744 bits per heavy atom. The third kappa shape index (κ3) is 10.7. The Morgan fingerprint density at radius 3 is 1.22 bits per heavy atom. The summed E-state index contributed by atoms with van der Waals surface area (Å²) in [5.41, 5.74) is 20.5. The lowest BCUT2D eigenvalue weighted by Crippen LogP contribution is -2.18. The van der Waals surface area contributed by atoms with E-state index in [1.807, 2.05) is 0 Å². The molecular weight excluding hydrogens is 1130 g/mol. The van der Waals surface area contributed by atoms with E-state index in [1.54, 1.807) is 11.3 Å². The molecule has 13 rings (SSSR count). The number of aryl methyl sites for hydroxylation is 1. The summed E-state index contributed by atoms with van der Waals surface area (Å²) in [5.74, 6) is 0. The molecule has 0 saturated heterocycles. The molecule has 3 aromatic heterocycles. The molecule has 0 spiro atoms. The zero-order chi connectivity index (χ0) is 63.6. The second-order valence-corrected chi connectivity index (χ2v) is 31.1. The number of halogens is 1. The van der Waals surface area contributed by atoms with E-state index in [-0.39, 0.29) is 27.1 Å². The lowest BCUT2D eigenvalue weighted by Gasteiger charge is -2.34. The van der Waals surface area contributed by atoms with Crippen LogP contribution in [0.2, 0.25) is 5.02 Å². The van der Waals surface area contributed by atoms with Crippen LogP contribution >= 0.6 is 22.9 Å². The van der Waals surface area contributed by atoms with Crippen molar-refractivity contribution in [3.05, 3.63) is 251 Å². The van der Waals surface area contributed by atoms with Gasteiger partial charge in [-0.25, -0.2) is 0 Å². The second-order valence-electron chi connectivity index (χ2n) is 29.9. The molecule has 13 aromatic rings. The average molecular weight is 1220 g/mol. The lowest BCUT2D eigenvalue weighted by molar-refractivity contribution is 0.590. The normalized spacial score (nSPS) is 12.7. The Hall–Kier alpha value is -8.55. The fourth-order valence-electron chi connectivity index (χ4n) is 13.2. The molecule has 0 aliphatic rings. The highest BCUT2D eigenvalue weighted by molar-refractivity contribution is 7.17. The van der Waals surface area contributed by atoms with Gasteiger partial charge in [-0.2, -0.15) is 0 Å². The van der Waals surface area contributed by atoms with Gasteiger partial charge in [0.2, 0.25) is 0 Å². The Balaban J connectivity index is 1.17. The zero-order valence-corrected chi connectivity index (χ0v) is 56.9. The summed E-state index contributed by atoms with van der Waals surface area (Å²) in [5, 5.41) is 8.89. The third-order valence-electron chi connectivity index (χ3n) is 18.4. The molecule has 3 heterocycles. The molecule has 0 unspecified atom stereocenters. The van der Waals surface area contributed by atoms with Crippen LogP contribution in [0.5, 0.6) is 0 Å². The smallest absolute Gasteiger partial charge is 0.0888 e. The first-order valence-electron chi connectivity index (χ1n) is 31.8. The summed E-state index contributed by atoms with van der Waals surface area (Å²) >= 11 is 10.5. The molecule has 0 aliphatic carbocycles.